The molecule has 0 spiro atoms. The van der Waals surface area contributed by atoms with Crippen LogP contribution in [0, 0.1) is 27.7 Å². The van der Waals surface area contributed by atoms with E-state index in [0.717, 1.165) is 57.2 Å². The number of carbonyl (C=O) groups is 2. The van der Waals surface area contributed by atoms with Crippen molar-refractivity contribution in [2.24, 2.45) is 0 Å². The first kappa shape index (κ1) is 21.2. The average Bonchev–Trinajstić information content (AvgIpc) is 3.11. The Morgan fingerprint density at radius 2 is 1.03 bits per heavy atom. The molecule has 0 radical (unpaired) electrons. The molecule has 2 aromatic carbocycles. The zero-order valence-electron chi connectivity index (χ0n) is 16.8. The molecule has 2 aliphatic rings. The summed E-state index contributed by atoms with van der Waals surface area (Å²) in [5, 5.41) is 0. The van der Waals surface area contributed by atoms with E-state index >= 15 is 0 Å². The summed E-state index contributed by atoms with van der Waals surface area (Å²) < 4.78 is 0.831. The Morgan fingerprint density at radius 3 is 1.37 bits per heavy atom. The quantitative estimate of drug-likeness (QED) is 0.423. The van der Waals surface area contributed by atoms with Crippen molar-refractivity contribution >= 4 is 79.8 Å². The number of hydrogen-bond acceptors (Lipinski definition) is 6. The molecule has 4 rings (SSSR count). The molecule has 2 saturated heterocycles. The summed E-state index contributed by atoms with van der Waals surface area (Å²) in [4.78, 5) is 30.3. The van der Waals surface area contributed by atoms with Crippen LogP contribution in [0.3, 0.4) is 0 Å². The van der Waals surface area contributed by atoms with Crippen molar-refractivity contribution in [3.05, 3.63) is 68.5 Å². The predicted molar refractivity (Wildman–Crippen MR) is 134 cm³/mol. The lowest BCUT2D eigenvalue weighted by Crippen LogP contribution is -2.30. The highest BCUT2D eigenvalue weighted by atomic mass is 32.2. The maximum Gasteiger partial charge on any atom is 0.272 e. The van der Waals surface area contributed by atoms with Gasteiger partial charge in [0.15, 0.2) is 8.64 Å². The lowest BCUT2D eigenvalue weighted by atomic mass is 10.1. The Kier molecular flexibility index (Phi) is 5.61. The number of thiocarbonyl (C=S) groups is 2. The van der Waals surface area contributed by atoms with Gasteiger partial charge in [-0.2, -0.15) is 0 Å². The summed E-state index contributed by atoms with van der Waals surface area (Å²) in [6.45, 7) is 7.89. The molecule has 0 bridgehead atoms. The van der Waals surface area contributed by atoms with Crippen molar-refractivity contribution in [1.82, 2.24) is 0 Å². The van der Waals surface area contributed by atoms with Crippen molar-refractivity contribution in [3.63, 3.8) is 0 Å². The SMILES string of the molecule is Cc1ccc(N2C(=O)C(=C3SC(=S)N(c4ccc(C)cc4C)C3=O)SC2=S)c(C)c1. The van der Waals surface area contributed by atoms with Crippen LogP contribution in [0.5, 0.6) is 0 Å². The molecule has 30 heavy (non-hydrogen) atoms. The Morgan fingerprint density at radius 1 is 0.667 bits per heavy atom. The monoisotopic (exact) mass is 470 g/mol. The summed E-state index contributed by atoms with van der Waals surface area (Å²) in [5.41, 5.74) is 5.60. The molecular weight excluding hydrogens is 453 g/mol. The standard InChI is InChI=1S/C22H18N2O2S4/c1-11-5-7-15(13(3)9-11)23-19(25)17(29-21(23)27)18-20(26)24(22(28)30-18)16-8-6-12(2)10-14(16)4/h5-10H,1-4H3. The van der Waals surface area contributed by atoms with Gasteiger partial charge in [0.05, 0.1) is 21.2 Å². The van der Waals surface area contributed by atoms with Gasteiger partial charge in [0, 0.05) is 0 Å². The first-order valence-electron chi connectivity index (χ1n) is 9.20. The van der Waals surface area contributed by atoms with Gasteiger partial charge in [0.2, 0.25) is 0 Å². The summed E-state index contributed by atoms with van der Waals surface area (Å²) in [7, 11) is 0. The van der Waals surface area contributed by atoms with Crippen LogP contribution >= 0.6 is 48.0 Å². The predicted octanol–water partition coefficient (Wildman–Crippen LogP) is 5.56. The van der Waals surface area contributed by atoms with Crippen molar-refractivity contribution in [3.8, 4) is 0 Å². The van der Waals surface area contributed by atoms with E-state index in [1.54, 1.807) is 0 Å². The second-order valence-electron chi connectivity index (χ2n) is 7.26. The van der Waals surface area contributed by atoms with Gasteiger partial charge in [-0.05, 0) is 51.0 Å². The average molecular weight is 471 g/mol. The Bertz CT molecular complexity index is 1090. The molecule has 0 aromatic heterocycles. The number of benzene rings is 2. The Balaban J connectivity index is 1.73. The molecule has 0 unspecified atom stereocenters. The molecule has 2 aliphatic heterocycles. The van der Waals surface area contributed by atoms with Gasteiger partial charge < -0.3 is 0 Å². The molecule has 4 nitrogen and oxygen atoms in total. The Labute approximate surface area is 194 Å². The highest BCUT2D eigenvalue weighted by Gasteiger charge is 2.43. The topological polar surface area (TPSA) is 40.6 Å². The number of rotatable bonds is 2. The van der Waals surface area contributed by atoms with Crippen molar-refractivity contribution in [1.29, 1.82) is 0 Å². The molecule has 0 atom stereocenters. The number of aryl methyl sites for hydroxylation is 4. The number of amides is 2. The van der Waals surface area contributed by atoms with Gasteiger partial charge in [0.25, 0.3) is 11.8 Å². The van der Waals surface area contributed by atoms with E-state index in [9.17, 15) is 9.59 Å². The number of thioether (sulfide) groups is 2. The van der Waals surface area contributed by atoms with Gasteiger partial charge >= 0.3 is 0 Å². The van der Waals surface area contributed by atoms with Crippen LogP contribution in [0.2, 0.25) is 0 Å². The number of carbonyl (C=O) groups excluding carboxylic acids is 2. The van der Waals surface area contributed by atoms with Crippen LogP contribution < -0.4 is 9.80 Å². The van der Waals surface area contributed by atoms with Crippen LogP contribution in [-0.4, -0.2) is 20.5 Å². The van der Waals surface area contributed by atoms with E-state index in [1.165, 1.54) is 9.80 Å². The third kappa shape index (κ3) is 3.51. The largest absolute Gasteiger partial charge is 0.272 e. The fourth-order valence-electron chi connectivity index (χ4n) is 3.54. The summed E-state index contributed by atoms with van der Waals surface area (Å²) in [6, 6.07) is 11.7. The molecule has 0 saturated carbocycles. The minimum atomic E-state index is -0.280. The highest BCUT2D eigenvalue weighted by molar-refractivity contribution is 8.30. The summed E-state index contributed by atoms with van der Waals surface area (Å²) in [6.07, 6.45) is 0. The van der Waals surface area contributed by atoms with Crippen LogP contribution in [-0.2, 0) is 9.59 Å². The van der Waals surface area contributed by atoms with Crippen molar-refractivity contribution in [2.45, 2.75) is 27.7 Å². The zero-order chi connectivity index (χ0) is 21.7. The highest BCUT2D eigenvalue weighted by Crippen LogP contribution is 2.45. The molecule has 0 N–H and O–H groups in total. The second-order valence-corrected chi connectivity index (χ2v) is 10.5. The normalized spacial score (nSPS) is 19.5. The first-order chi connectivity index (χ1) is 14.2. The van der Waals surface area contributed by atoms with Crippen LogP contribution in [0.15, 0.2) is 46.2 Å². The minimum absolute atomic E-state index is 0.280. The smallest absolute Gasteiger partial charge is 0.268 e. The number of anilines is 2. The van der Waals surface area contributed by atoms with E-state index in [4.69, 9.17) is 24.4 Å². The lowest BCUT2D eigenvalue weighted by Gasteiger charge is -2.18. The maximum atomic E-state index is 13.3. The third-order valence-electron chi connectivity index (χ3n) is 4.93. The van der Waals surface area contributed by atoms with E-state index < -0.39 is 0 Å². The van der Waals surface area contributed by atoms with Crippen LogP contribution in [0.1, 0.15) is 22.3 Å². The van der Waals surface area contributed by atoms with Gasteiger partial charge in [0.1, 0.15) is 0 Å². The fourth-order valence-corrected chi connectivity index (χ4v) is 6.26. The molecule has 2 fully saturated rings. The van der Waals surface area contributed by atoms with E-state index in [-0.39, 0.29) is 11.8 Å². The first-order valence-corrected chi connectivity index (χ1v) is 11.7. The molecule has 2 heterocycles. The molecule has 8 heteroatoms. The van der Waals surface area contributed by atoms with Crippen LogP contribution in [0.4, 0.5) is 11.4 Å². The maximum absolute atomic E-state index is 13.3. The van der Waals surface area contributed by atoms with E-state index in [1.807, 2.05) is 64.1 Å². The lowest BCUT2D eigenvalue weighted by molar-refractivity contribution is -0.115. The fraction of sp³-hybridized carbons (Fsp3) is 0.182. The van der Waals surface area contributed by atoms with Crippen molar-refractivity contribution < 1.29 is 9.59 Å². The van der Waals surface area contributed by atoms with E-state index in [2.05, 4.69) is 0 Å². The second kappa shape index (κ2) is 7.92. The van der Waals surface area contributed by atoms with Crippen LogP contribution in [0.25, 0.3) is 0 Å². The molecular formula is C22H18N2O2S4. The van der Waals surface area contributed by atoms with Gasteiger partial charge in [-0.15, -0.1) is 0 Å². The van der Waals surface area contributed by atoms with Gasteiger partial charge in [-0.25, -0.2) is 0 Å². The molecule has 2 amide bonds. The third-order valence-corrected chi connectivity index (χ3v) is 7.81. The summed E-state index contributed by atoms with van der Waals surface area (Å²) >= 11 is 13.3. The molecule has 2 aromatic rings. The van der Waals surface area contributed by atoms with Gasteiger partial charge in [-0.1, -0.05) is 83.4 Å². The number of nitrogens with zero attached hydrogens (tertiary/aromatic N) is 2. The van der Waals surface area contributed by atoms with Gasteiger partial charge in [-0.3, -0.25) is 19.4 Å². The minimum Gasteiger partial charge on any atom is -0.268 e. The Hall–Kier alpha value is -2.00. The molecule has 152 valence electrons. The number of hydrogen-bond donors (Lipinski definition) is 0. The van der Waals surface area contributed by atoms with E-state index in [0.29, 0.717) is 18.5 Å². The zero-order valence-corrected chi connectivity index (χ0v) is 20.1. The summed E-state index contributed by atoms with van der Waals surface area (Å²) in [5.74, 6) is -0.559. The molecule has 0 aliphatic carbocycles. The van der Waals surface area contributed by atoms with Crippen molar-refractivity contribution in [2.75, 3.05) is 9.80 Å².